The first-order chi connectivity index (χ1) is 3.88. The maximum absolute atomic E-state index is 5.30. The molecule has 1 saturated carbocycles. The molecule has 2 aliphatic rings. The number of hydrogen-bond acceptors (Lipinski definition) is 1. The van der Waals surface area contributed by atoms with Crippen molar-refractivity contribution in [1.82, 2.24) is 0 Å². The van der Waals surface area contributed by atoms with Gasteiger partial charge in [-0.05, 0) is 24.2 Å². The fourth-order valence-corrected chi connectivity index (χ4v) is 1.94. The highest BCUT2D eigenvalue weighted by Crippen LogP contribution is 2.43. The van der Waals surface area contributed by atoms with Crippen LogP contribution in [0.2, 0.25) is 0 Å². The van der Waals surface area contributed by atoms with E-state index in [1.54, 1.807) is 0 Å². The molecule has 0 aromatic rings. The molecule has 0 aromatic heterocycles. The molecule has 1 aliphatic carbocycles. The largest absolute Gasteiger partial charge is 0.381 e. The van der Waals surface area contributed by atoms with Gasteiger partial charge < -0.3 is 4.74 Å². The van der Waals surface area contributed by atoms with E-state index < -0.39 is 0 Å². The summed E-state index contributed by atoms with van der Waals surface area (Å²) in [5, 5.41) is 0. The van der Waals surface area contributed by atoms with Crippen LogP contribution in [0, 0.1) is 17.8 Å². The molecular formula is C7H12O. The second-order valence-electron chi connectivity index (χ2n) is 3.17. The highest BCUT2D eigenvalue weighted by atomic mass is 16.5. The Balaban J connectivity index is 2.02. The SMILES string of the molecule is CC1CC2COCC12. The van der Waals surface area contributed by atoms with Gasteiger partial charge in [0.25, 0.3) is 0 Å². The Kier molecular flexibility index (Phi) is 0.884. The first-order valence-corrected chi connectivity index (χ1v) is 3.45. The molecule has 1 aliphatic heterocycles. The Bertz CT molecular complexity index is 101. The van der Waals surface area contributed by atoms with E-state index in [1.807, 2.05) is 0 Å². The van der Waals surface area contributed by atoms with Gasteiger partial charge in [-0.15, -0.1) is 0 Å². The molecule has 3 atom stereocenters. The van der Waals surface area contributed by atoms with Crippen LogP contribution in [0.3, 0.4) is 0 Å². The quantitative estimate of drug-likeness (QED) is 0.459. The van der Waals surface area contributed by atoms with Gasteiger partial charge in [0.05, 0.1) is 0 Å². The third-order valence-electron chi connectivity index (χ3n) is 2.65. The van der Waals surface area contributed by atoms with Crippen LogP contribution in [0.15, 0.2) is 0 Å². The smallest absolute Gasteiger partial charge is 0.0500 e. The van der Waals surface area contributed by atoms with Gasteiger partial charge in [-0.2, -0.15) is 0 Å². The van der Waals surface area contributed by atoms with Crippen molar-refractivity contribution in [3.8, 4) is 0 Å². The summed E-state index contributed by atoms with van der Waals surface area (Å²) in [6, 6.07) is 0. The fourth-order valence-electron chi connectivity index (χ4n) is 1.94. The van der Waals surface area contributed by atoms with Crippen molar-refractivity contribution in [2.75, 3.05) is 13.2 Å². The van der Waals surface area contributed by atoms with Crippen LogP contribution in [-0.4, -0.2) is 13.2 Å². The number of fused-ring (bicyclic) bond motifs is 1. The standard InChI is InChI=1S/C7H12O/c1-5-2-6-3-8-4-7(5)6/h5-7H,2-4H2,1H3. The Morgan fingerprint density at radius 2 is 2.25 bits per heavy atom. The molecule has 0 bridgehead atoms. The maximum atomic E-state index is 5.30. The molecule has 46 valence electrons. The van der Waals surface area contributed by atoms with Gasteiger partial charge in [0, 0.05) is 13.2 Å². The van der Waals surface area contributed by atoms with E-state index in [4.69, 9.17) is 4.74 Å². The van der Waals surface area contributed by atoms with Crippen molar-refractivity contribution >= 4 is 0 Å². The molecule has 8 heavy (non-hydrogen) atoms. The minimum absolute atomic E-state index is 0.940. The minimum Gasteiger partial charge on any atom is -0.381 e. The molecule has 1 nitrogen and oxygen atoms in total. The molecule has 2 rings (SSSR count). The predicted octanol–water partition coefficient (Wildman–Crippen LogP) is 1.29. The van der Waals surface area contributed by atoms with Gasteiger partial charge in [0.1, 0.15) is 0 Å². The lowest BCUT2D eigenvalue weighted by Gasteiger charge is -2.35. The van der Waals surface area contributed by atoms with Gasteiger partial charge in [0.15, 0.2) is 0 Å². The van der Waals surface area contributed by atoms with Gasteiger partial charge >= 0.3 is 0 Å². The van der Waals surface area contributed by atoms with E-state index in [-0.39, 0.29) is 0 Å². The number of ether oxygens (including phenoxy) is 1. The van der Waals surface area contributed by atoms with E-state index in [9.17, 15) is 0 Å². The molecule has 0 amide bonds. The summed E-state index contributed by atoms with van der Waals surface area (Å²) in [7, 11) is 0. The van der Waals surface area contributed by atoms with Crippen molar-refractivity contribution < 1.29 is 4.74 Å². The summed E-state index contributed by atoms with van der Waals surface area (Å²) in [4.78, 5) is 0. The van der Waals surface area contributed by atoms with Gasteiger partial charge in [-0.3, -0.25) is 0 Å². The summed E-state index contributed by atoms with van der Waals surface area (Å²) >= 11 is 0. The average molecular weight is 112 g/mol. The second-order valence-corrected chi connectivity index (χ2v) is 3.17. The lowest BCUT2D eigenvalue weighted by atomic mass is 9.68. The van der Waals surface area contributed by atoms with Crippen molar-refractivity contribution in [2.45, 2.75) is 13.3 Å². The minimum atomic E-state index is 0.940. The van der Waals surface area contributed by atoms with Crippen molar-refractivity contribution in [1.29, 1.82) is 0 Å². The fraction of sp³-hybridized carbons (Fsp3) is 1.00. The normalized spacial score (nSPS) is 52.9. The molecular weight excluding hydrogens is 100 g/mol. The van der Waals surface area contributed by atoms with E-state index in [0.717, 1.165) is 31.0 Å². The third kappa shape index (κ3) is 0.455. The Hall–Kier alpha value is -0.0400. The lowest BCUT2D eigenvalue weighted by Crippen LogP contribution is -2.33. The first kappa shape index (κ1) is 4.80. The van der Waals surface area contributed by atoms with Gasteiger partial charge in [0.2, 0.25) is 0 Å². The number of rotatable bonds is 0. The van der Waals surface area contributed by atoms with E-state index >= 15 is 0 Å². The summed E-state index contributed by atoms with van der Waals surface area (Å²) in [6.07, 6.45) is 1.42. The lowest BCUT2D eigenvalue weighted by molar-refractivity contribution is 0.138. The zero-order valence-electron chi connectivity index (χ0n) is 5.26. The average Bonchev–Trinajstić information content (AvgIpc) is 2.09. The van der Waals surface area contributed by atoms with Crippen LogP contribution >= 0.6 is 0 Å². The highest BCUT2D eigenvalue weighted by molar-refractivity contribution is 4.89. The first-order valence-electron chi connectivity index (χ1n) is 3.45. The summed E-state index contributed by atoms with van der Waals surface area (Å²) in [5.41, 5.74) is 0. The van der Waals surface area contributed by atoms with Crippen molar-refractivity contribution in [2.24, 2.45) is 17.8 Å². The summed E-state index contributed by atoms with van der Waals surface area (Å²) in [6.45, 7) is 4.43. The monoisotopic (exact) mass is 112 g/mol. The molecule has 0 N–H and O–H groups in total. The Labute approximate surface area is 50.0 Å². The van der Waals surface area contributed by atoms with Crippen molar-refractivity contribution in [3.05, 3.63) is 0 Å². The zero-order chi connectivity index (χ0) is 5.56. The maximum Gasteiger partial charge on any atom is 0.0500 e. The third-order valence-corrected chi connectivity index (χ3v) is 2.65. The number of hydrogen-bond donors (Lipinski definition) is 0. The van der Waals surface area contributed by atoms with Crippen LogP contribution < -0.4 is 0 Å². The molecule has 2 fully saturated rings. The van der Waals surface area contributed by atoms with Gasteiger partial charge in [-0.25, -0.2) is 0 Å². The molecule has 3 unspecified atom stereocenters. The van der Waals surface area contributed by atoms with E-state index in [1.165, 1.54) is 6.42 Å². The van der Waals surface area contributed by atoms with Crippen LogP contribution in [0.1, 0.15) is 13.3 Å². The molecule has 0 aromatic carbocycles. The molecule has 0 radical (unpaired) electrons. The van der Waals surface area contributed by atoms with Crippen LogP contribution in [0.5, 0.6) is 0 Å². The predicted molar refractivity (Wildman–Crippen MR) is 31.6 cm³/mol. The van der Waals surface area contributed by atoms with E-state index in [2.05, 4.69) is 6.92 Å². The van der Waals surface area contributed by atoms with Crippen LogP contribution in [0.4, 0.5) is 0 Å². The zero-order valence-corrected chi connectivity index (χ0v) is 5.26. The molecule has 1 heterocycles. The van der Waals surface area contributed by atoms with Crippen LogP contribution in [-0.2, 0) is 4.74 Å². The Morgan fingerprint density at radius 1 is 1.38 bits per heavy atom. The van der Waals surface area contributed by atoms with Gasteiger partial charge in [-0.1, -0.05) is 6.92 Å². The summed E-state index contributed by atoms with van der Waals surface area (Å²) < 4.78 is 5.30. The summed E-state index contributed by atoms with van der Waals surface area (Å²) in [5.74, 6) is 2.85. The molecule has 0 spiro atoms. The Morgan fingerprint density at radius 3 is 2.75 bits per heavy atom. The molecule has 1 saturated heterocycles. The van der Waals surface area contributed by atoms with Crippen molar-refractivity contribution in [3.63, 3.8) is 0 Å². The molecule has 1 heteroatoms. The topological polar surface area (TPSA) is 9.23 Å². The van der Waals surface area contributed by atoms with E-state index in [0.29, 0.717) is 0 Å². The highest BCUT2D eigenvalue weighted by Gasteiger charge is 2.41. The van der Waals surface area contributed by atoms with Crippen LogP contribution in [0.25, 0.3) is 0 Å². The second kappa shape index (κ2) is 1.47.